The van der Waals surface area contributed by atoms with Crippen LogP contribution in [0.1, 0.15) is 18.2 Å². The van der Waals surface area contributed by atoms with Crippen LogP contribution in [-0.2, 0) is 11.3 Å². The first-order chi connectivity index (χ1) is 9.28. The van der Waals surface area contributed by atoms with Crippen molar-refractivity contribution in [2.24, 2.45) is 0 Å². The molecule has 0 aromatic carbocycles. The molecular formula is C14H20N4O. The van der Waals surface area contributed by atoms with E-state index < -0.39 is 0 Å². The second-order valence-corrected chi connectivity index (χ2v) is 4.86. The summed E-state index contributed by atoms with van der Waals surface area (Å²) in [6.45, 7) is 7.68. The van der Waals surface area contributed by atoms with Crippen molar-refractivity contribution in [3.63, 3.8) is 0 Å². The van der Waals surface area contributed by atoms with Gasteiger partial charge in [-0.25, -0.2) is 4.98 Å². The monoisotopic (exact) mass is 260 g/mol. The molecule has 19 heavy (non-hydrogen) atoms. The number of aromatic nitrogens is 1. The summed E-state index contributed by atoms with van der Waals surface area (Å²) in [5.41, 5.74) is 1.57. The van der Waals surface area contributed by atoms with E-state index in [9.17, 15) is 0 Å². The predicted octanol–water partition coefficient (Wildman–Crippen LogP) is 0.764. The third-order valence-electron chi connectivity index (χ3n) is 3.23. The first-order valence-electron chi connectivity index (χ1n) is 6.66. The minimum atomic E-state index is 0.414. The first kappa shape index (κ1) is 13.9. The Morgan fingerprint density at radius 3 is 3.05 bits per heavy atom. The van der Waals surface area contributed by atoms with Gasteiger partial charge in [0.05, 0.1) is 13.2 Å². The molecule has 0 amide bonds. The highest BCUT2D eigenvalue weighted by Crippen LogP contribution is 2.02. The minimum absolute atomic E-state index is 0.414. The van der Waals surface area contributed by atoms with Crippen LogP contribution in [0.25, 0.3) is 0 Å². The van der Waals surface area contributed by atoms with Crippen LogP contribution in [-0.4, -0.2) is 48.8 Å². The molecule has 2 rings (SSSR count). The molecule has 0 bridgehead atoms. The van der Waals surface area contributed by atoms with Crippen molar-refractivity contribution in [1.29, 1.82) is 5.26 Å². The molecule has 1 aromatic heterocycles. The van der Waals surface area contributed by atoms with Crippen molar-refractivity contribution < 1.29 is 4.74 Å². The molecule has 1 aliphatic heterocycles. The predicted molar refractivity (Wildman–Crippen MR) is 72.5 cm³/mol. The summed E-state index contributed by atoms with van der Waals surface area (Å²) in [5.74, 6) is 0. The molecule has 0 spiro atoms. The molecule has 0 saturated carbocycles. The van der Waals surface area contributed by atoms with Crippen LogP contribution in [0, 0.1) is 11.3 Å². The highest BCUT2D eigenvalue weighted by molar-refractivity contribution is 5.25. The zero-order valence-electron chi connectivity index (χ0n) is 11.3. The Hall–Kier alpha value is -1.48. The number of morpholine rings is 1. The van der Waals surface area contributed by atoms with Gasteiger partial charge in [-0.1, -0.05) is 0 Å². The summed E-state index contributed by atoms with van der Waals surface area (Å²) < 4.78 is 5.34. The number of ether oxygens (including phenoxy) is 1. The second-order valence-electron chi connectivity index (χ2n) is 4.86. The Morgan fingerprint density at radius 2 is 2.32 bits per heavy atom. The van der Waals surface area contributed by atoms with Gasteiger partial charge in [0, 0.05) is 38.4 Å². The van der Waals surface area contributed by atoms with Crippen molar-refractivity contribution in [3.8, 4) is 6.07 Å². The van der Waals surface area contributed by atoms with Crippen LogP contribution in [0.2, 0.25) is 0 Å². The van der Waals surface area contributed by atoms with Gasteiger partial charge in [0.15, 0.2) is 0 Å². The van der Waals surface area contributed by atoms with Crippen LogP contribution in [0.5, 0.6) is 0 Å². The van der Waals surface area contributed by atoms with Gasteiger partial charge in [-0.05, 0) is 24.6 Å². The molecule has 1 aromatic rings. The molecule has 5 heteroatoms. The maximum atomic E-state index is 8.80. The molecular weight excluding hydrogens is 240 g/mol. The average Bonchev–Trinajstić information content (AvgIpc) is 2.46. The van der Waals surface area contributed by atoms with Crippen molar-refractivity contribution >= 4 is 0 Å². The molecule has 0 radical (unpaired) electrons. The molecule has 1 unspecified atom stereocenters. The lowest BCUT2D eigenvalue weighted by Crippen LogP contribution is -2.44. The van der Waals surface area contributed by atoms with E-state index in [0.29, 0.717) is 11.7 Å². The van der Waals surface area contributed by atoms with E-state index in [1.165, 1.54) is 0 Å². The fourth-order valence-electron chi connectivity index (χ4n) is 2.17. The molecule has 1 aliphatic rings. The van der Waals surface area contributed by atoms with Crippen molar-refractivity contribution in [1.82, 2.24) is 15.2 Å². The van der Waals surface area contributed by atoms with Gasteiger partial charge < -0.3 is 10.1 Å². The number of hydrogen-bond donors (Lipinski definition) is 1. The van der Waals surface area contributed by atoms with E-state index in [1.54, 1.807) is 6.20 Å². The second kappa shape index (κ2) is 7.19. The highest BCUT2D eigenvalue weighted by Gasteiger charge is 2.13. The number of nitrogens with zero attached hydrogens (tertiary/aromatic N) is 3. The summed E-state index contributed by atoms with van der Waals surface area (Å²) in [6.07, 6.45) is 1.68. The van der Waals surface area contributed by atoms with E-state index in [1.807, 2.05) is 12.1 Å². The summed E-state index contributed by atoms with van der Waals surface area (Å²) >= 11 is 0. The average molecular weight is 260 g/mol. The third kappa shape index (κ3) is 4.60. The number of pyridine rings is 1. The Kier molecular flexibility index (Phi) is 5.28. The largest absolute Gasteiger partial charge is 0.379 e. The zero-order chi connectivity index (χ0) is 13.5. The lowest BCUT2D eigenvalue weighted by molar-refractivity contribution is 0.0343. The molecule has 0 aliphatic carbocycles. The lowest BCUT2D eigenvalue weighted by Gasteiger charge is -2.29. The van der Waals surface area contributed by atoms with Crippen LogP contribution < -0.4 is 5.32 Å². The zero-order valence-corrected chi connectivity index (χ0v) is 11.3. The van der Waals surface area contributed by atoms with Crippen LogP contribution in [0.15, 0.2) is 18.3 Å². The quantitative estimate of drug-likeness (QED) is 0.847. The van der Waals surface area contributed by atoms with E-state index in [4.69, 9.17) is 10.00 Å². The van der Waals surface area contributed by atoms with Crippen molar-refractivity contribution in [2.75, 3.05) is 32.8 Å². The third-order valence-corrected chi connectivity index (χ3v) is 3.23. The molecule has 5 nitrogen and oxygen atoms in total. The Balaban J connectivity index is 1.76. The van der Waals surface area contributed by atoms with Crippen molar-refractivity contribution in [3.05, 3.63) is 29.6 Å². The summed E-state index contributed by atoms with van der Waals surface area (Å²) in [5, 5.41) is 12.3. The van der Waals surface area contributed by atoms with Crippen LogP contribution >= 0.6 is 0 Å². The Morgan fingerprint density at radius 1 is 1.53 bits per heavy atom. The number of nitriles is 1. The van der Waals surface area contributed by atoms with E-state index in [-0.39, 0.29) is 0 Å². The van der Waals surface area contributed by atoms with Gasteiger partial charge in [-0.2, -0.15) is 5.26 Å². The van der Waals surface area contributed by atoms with E-state index in [0.717, 1.165) is 45.0 Å². The maximum Gasteiger partial charge on any atom is 0.140 e. The van der Waals surface area contributed by atoms with Gasteiger partial charge in [0.1, 0.15) is 11.8 Å². The molecule has 1 saturated heterocycles. The number of rotatable bonds is 5. The molecule has 1 atom stereocenters. The van der Waals surface area contributed by atoms with Gasteiger partial charge in [0.2, 0.25) is 0 Å². The van der Waals surface area contributed by atoms with E-state index in [2.05, 4.69) is 28.2 Å². The summed E-state index contributed by atoms with van der Waals surface area (Å²) in [4.78, 5) is 6.38. The number of nitrogens with one attached hydrogen (secondary N) is 1. The minimum Gasteiger partial charge on any atom is -0.379 e. The standard InChI is InChI=1S/C14H20N4O/c1-12(11-18-4-6-19-7-5-18)17-10-13-2-3-16-14(8-13)9-15/h2-3,8,12,17H,4-7,10-11H2,1H3. The Labute approximate surface area is 114 Å². The fraction of sp³-hybridized carbons (Fsp3) is 0.571. The smallest absolute Gasteiger partial charge is 0.140 e. The number of hydrogen-bond acceptors (Lipinski definition) is 5. The van der Waals surface area contributed by atoms with Gasteiger partial charge in [-0.3, -0.25) is 4.90 Å². The lowest BCUT2D eigenvalue weighted by atomic mass is 10.2. The van der Waals surface area contributed by atoms with E-state index >= 15 is 0 Å². The highest BCUT2D eigenvalue weighted by atomic mass is 16.5. The van der Waals surface area contributed by atoms with Crippen molar-refractivity contribution in [2.45, 2.75) is 19.5 Å². The molecule has 1 fully saturated rings. The van der Waals surface area contributed by atoms with Crippen LogP contribution in [0.4, 0.5) is 0 Å². The summed E-state index contributed by atoms with van der Waals surface area (Å²) in [6, 6.07) is 6.24. The van der Waals surface area contributed by atoms with Gasteiger partial charge >= 0.3 is 0 Å². The topological polar surface area (TPSA) is 61.2 Å². The SMILES string of the molecule is CC(CN1CCOCC1)NCc1ccnc(C#N)c1. The Bertz CT molecular complexity index is 437. The molecule has 1 N–H and O–H groups in total. The maximum absolute atomic E-state index is 8.80. The van der Waals surface area contributed by atoms with Gasteiger partial charge in [-0.15, -0.1) is 0 Å². The normalized spacial score (nSPS) is 17.9. The first-order valence-corrected chi connectivity index (χ1v) is 6.66. The molecule has 2 heterocycles. The fourth-order valence-corrected chi connectivity index (χ4v) is 2.17. The molecule has 102 valence electrons. The summed E-state index contributed by atoms with van der Waals surface area (Å²) in [7, 11) is 0. The van der Waals surface area contributed by atoms with Gasteiger partial charge in [0.25, 0.3) is 0 Å². The van der Waals surface area contributed by atoms with Crippen LogP contribution in [0.3, 0.4) is 0 Å².